The Balaban J connectivity index is 1.79. The fraction of sp³-hybridized carbons (Fsp3) is 0.130. The Morgan fingerprint density at radius 1 is 1.03 bits per heavy atom. The Morgan fingerprint density at radius 2 is 1.72 bits per heavy atom. The van der Waals surface area contributed by atoms with Crippen molar-refractivity contribution in [2.75, 3.05) is 15.6 Å². The van der Waals surface area contributed by atoms with E-state index >= 15 is 0 Å². The number of sulfone groups is 1. The van der Waals surface area contributed by atoms with Crippen LogP contribution in [0.1, 0.15) is 11.1 Å². The average Bonchev–Trinajstić information content (AvgIpc) is 3.19. The standard InChI is InChI=1S/C23H14Cl2FN3O6S/c24-14-3-1-13(2-4-14)11-27-20-8-6-16(29(32)33)9-17(20)23(22(27)31)28(21(30)12-36(23,34)35)15-5-7-19(26)18(25)10-15/h1-10H,11-12H2/t23-/m1/s1. The number of rotatable bonds is 4. The van der Waals surface area contributed by atoms with Gasteiger partial charge < -0.3 is 4.90 Å². The fourth-order valence-corrected chi connectivity index (χ4v) is 6.92. The molecule has 0 bridgehead atoms. The van der Waals surface area contributed by atoms with E-state index < -0.39 is 53.7 Å². The predicted molar refractivity (Wildman–Crippen MR) is 130 cm³/mol. The van der Waals surface area contributed by atoms with Gasteiger partial charge in [-0.05, 0) is 42.0 Å². The van der Waals surface area contributed by atoms with E-state index in [2.05, 4.69) is 0 Å². The number of hydrogen-bond donors (Lipinski definition) is 0. The third-order valence-electron chi connectivity index (χ3n) is 6.13. The molecule has 184 valence electrons. The smallest absolute Gasteiger partial charge is 0.274 e. The number of hydrogen-bond acceptors (Lipinski definition) is 6. The van der Waals surface area contributed by atoms with Gasteiger partial charge in [0.25, 0.3) is 16.5 Å². The number of amides is 2. The summed E-state index contributed by atoms with van der Waals surface area (Å²) in [6.07, 6.45) is 0. The molecular weight excluding hydrogens is 536 g/mol. The summed E-state index contributed by atoms with van der Waals surface area (Å²) >= 11 is 11.8. The molecule has 0 aliphatic carbocycles. The van der Waals surface area contributed by atoms with Crippen LogP contribution in [0, 0.1) is 15.9 Å². The molecule has 0 radical (unpaired) electrons. The summed E-state index contributed by atoms with van der Waals surface area (Å²) in [4.78, 5) is 37.3. The number of carbonyl (C=O) groups excluding carboxylic acids is 2. The quantitative estimate of drug-likeness (QED) is 0.355. The van der Waals surface area contributed by atoms with Crippen molar-refractivity contribution >= 4 is 61.9 Å². The minimum absolute atomic E-state index is 0.0806. The van der Waals surface area contributed by atoms with Crippen molar-refractivity contribution in [3.8, 4) is 0 Å². The highest BCUT2D eigenvalue weighted by molar-refractivity contribution is 7.94. The number of benzene rings is 3. The molecule has 0 unspecified atom stereocenters. The number of fused-ring (bicyclic) bond motifs is 2. The first-order chi connectivity index (χ1) is 17.0. The normalized spacial score (nSPS) is 20.3. The molecule has 1 fully saturated rings. The Morgan fingerprint density at radius 3 is 2.36 bits per heavy atom. The van der Waals surface area contributed by atoms with Crippen molar-refractivity contribution < 1.29 is 27.3 Å². The summed E-state index contributed by atoms with van der Waals surface area (Å²) in [5, 5.41) is 11.6. The highest BCUT2D eigenvalue weighted by atomic mass is 35.5. The first kappa shape index (κ1) is 24.2. The number of non-ortho nitro benzene ring substituents is 1. The molecule has 9 nitrogen and oxygen atoms in total. The summed E-state index contributed by atoms with van der Waals surface area (Å²) in [7, 11) is -4.59. The molecule has 36 heavy (non-hydrogen) atoms. The second-order valence-electron chi connectivity index (χ2n) is 8.21. The fourth-order valence-electron chi connectivity index (χ4n) is 4.59. The van der Waals surface area contributed by atoms with Crippen molar-refractivity contribution in [2.24, 2.45) is 0 Å². The maximum Gasteiger partial charge on any atom is 0.274 e. The molecule has 2 amide bonds. The van der Waals surface area contributed by atoms with Gasteiger partial charge in [-0.2, -0.15) is 0 Å². The van der Waals surface area contributed by atoms with Crippen LogP contribution in [0.3, 0.4) is 0 Å². The zero-order chi connectivity index (χ0) is 26.0. The van der Waals surface area contributed by atoms with E-state index in [-0.39, 0.29) is 23.5 Å². The Hall–Kier alpha value is -3.54. The first-order valence-electron chi connectivity index (χ1n) is 10.3. The lowest BCUT2D eigenvalue weighted by molar-refractivity contribution is -0.384. The van der Waals surface area contributed by atoms with E-state index in [1.807, 2.05) is 0 Å². The SMILES string of the molecule is O=C1CS(=O)(=O)[C@]2(C(=O)N(Cc3ccc(Cl)cc3)c3ccc([N+](=O)[O-])cc32)N1c1ccc(F)c(Cl)c1. The summed E-state index contributed by atoms with van der Waals surface area (Å²) in [6, 6.07) is 12.9. The minimum atomic E-state index is -4.59. The molecule has 1 saturated heterocycles. The van der Waals surface area contributed by atoms with Crippen LogP contribution in [0.4, 0.5) is 21.5 Å². The monoisotopic (exact) mass is 549 g/mol. The summed E-state index contributed by atoms with van der Waals surface area (Å²) < 4.78 is 41.1. The van der Waals surface area contributed by atoms with Gasteiger partial charge in [0, 0.05) is 28.4 Å². The van der Waals surface area contributed by atoms with Gasteiger partial charge in [-0.15, -0.1) is 0 Å². The van der Waals surface area contributed by atoms with E-state index in [0.717, 1.165) is 40.1 Å². The van der Waals surface area contributed by atoms with Crippen molar-refractivity contribution in [3.63, 3.8) is 0 Å². The molecule has 13 heteroatoms. The van der Waals surface area contributed by atoms with Gasteiger partial charge in [0.2, 0.25) is 5.91 Å². The van der Waals surface area contributed by atoms with Gasteiger partial charge in [-0.25, -0.2) is 12.8 Å². The maximum atomic E-state index is 14.1. The zero-order valence-corrected chi connectivity index (χ0v) is 20.3. The Labute approximate surface area is 213 Å². The Kier molecular flexibility index (Phi) is 5.54. The van der Waals surface area contributed by atoms with Gasteiger partial charge in [0.05, 0.1) is 22.2 Å². The first-order valence-corrected chi connectivity index (χ1v) is 12.7. The number of nitro groups is 1. The second kappa shape index (κ2) is 8.26. The zero-order valence-electron chi connectivity index (χ0n) is 18.0. The van der Waals surface area contributed by atoms with E-state index in [9.17, 15) is 32.5 Å². The van der Waals surface area contributed by atoms with Crippen LogP contribution < -0.4 is 9.80 Å². The molecule has 2 heterocycles. The van der Waals surface area contributed by atoms with Crippen LogP contribution >= 0.6 is 23.2 Å². The van der Waals surface area contributed by atoms with Crippen molar-refractivity contribution in [1.82, 2.24) is 0 Å². The van der Waals surface area contributed by atoms with Gasteiger partial charge in [0.1, 0.15) is 11.6 Å². The minimum Gasteiger partial charge on any atom is -0.304 e. The molecule has 0 saturated carbocycles. The topological polar surface area (TPSA) is 118 Å². The number of carbonyl (C=O) groups is 2. The van der Waals surface area contributed by atoms with Crippen LogP contribution in [0.15, 0.2) is 60.7 Å². The lowest BCUT2D eigenvalue weighted by Crippen LogP contribution is -2.54. The molecular formula is C23H14Cl2FN3O6S. The number of anilines is 2. The van der Waals surface area contributed by atoms with Gasteiger partial charge in [0.15, 0.2) is 9.84 Å². The van der Waals surface area contributed by atoms with Crippen LogP contribution in [-0.4, -0.2) is 30.9 Å². The molecule has 0 N–H and O–H groups in total. The second-order valence-corrected chi connectivity index (χ2v) is 11.2. The van der Waals surface area contributed by atoms with E-state index in [4.69, 9.17) is 23.2 Å². The van der Waals surface area contributed by atoms with Crippen LogP contribution in [0.25, 0.3) is 0 Å². The molecule has 2 aliphatic heterocycles. The van der Waals surface area contributed by atoms with Gasteiger partial charge in [-0.3, -0.25) is 24.6 Å². The van der Waals surface area contributed by atoms with Crippen molar-refractivity contribution in [2.45, 2.75) is 11.4 Å². The van der Waals surface area contributed by atoms with Crippen molar-refractivity contribution in [1.29, 1.82) is 0 Å². The largest absolute Gasteiger partial charge is 0.304 e. The Bertz CT molecular complexity index is 1580. The van der Waals surface area contributed by atoms with E-state index in [1.165, 1.54) is 6.07 Å². The molecule has 0 aromatic heterocycles. The third-order valence-corrected chi connectivity index (χ3v) is 8.77. The highest BCUT2D eigenvalue weighted by Gasteiger charge is 2.70. The number of halogens is 3. The van der Waals surface area contributed by atoms with Crippen molar-refractivity contribution in [3.05, 3.63) is 97.8 Å². The lowest BCUT2D eigenvalue weighted by atomic mass is 10.0. The average molecular weight is 550 g/mol. The van der Waals surface area contributed by atoms with Crippen LogP contribution in [-0.2, 0) is 30.8 Å². The molecule has 5 rings (SSSR count). The number of nitrogens with zero attached hydrogens (tertiary/aromatic N) is 3. The summed E-state index contributed by atoms with van der Waals surface area (Å²) in [5.41, 5.74) is -0.196. The molecule has 2 aliphatic rings. The van der Waals surface area contributed by atoms with E-state index in [0.29, 0.717) is 10.6 Å². The van der Waals surface area contributed by atoms with Crippen LogP contribution in [0.5, 0.6) is 0 Å². The molecule has 1 atom stereocenters. The van der Waals surface area contributed by atoms with E-state index in [1.54, 1.807) is 24.3 Å². The molecule has 3 aromatic rings. The van der Waals surface area contributed by atoms with Gasteiger partial charge in [-0.1, -0.05) is 35.3 Å². The molecule has 3 aromatic carbocycles. The maximum absolute atomic E-state index is 14.1. The summed E-state index contributed by atoms with van der Waals surface area (Å²) in [6.45, 7) is -0.107. The number of nitro benzene ring substituents is 1. The van der Waals surface area contributed by atoms with Gasteiger partial charge >= 0.3 is 0 Å². The third kappa shape index (κ3) is 3.38. The lowest BCUT2D eigenvalue weighted by Gasteiger charge is -2.32. The summed E-state index contributed by atoms with van der Waals surface area (Å²) in [5.74, 6) is -3.82. The highest BCUT2D eigenvalue weighted by Crippen LogP contribution is 2.53. The predicted octanol–water partition coefficient (Wildman–Crippen LogP) is 4.20. The molecule has 1 spiro atoms. The van der Waals surface area contributed by atoms with Crippen LogP contribution in [0.2, 0.25) is 10.0 Å².